The molecule has 5 nitrogen and oxygen atoms in total. The number of ether oxygens (including phenoxy) is 3. The topological polar surface area (TPSA) is 61.8 Å². The van der Waals surface area contributed by atoms with Gasteiger partial charge in [0.05, 0.1) is 17.7 Å². The van der Waals surface area contributed by atoms with Crippen LogP contribution in [0.5, 0.6) is 11.5 Å². The average Bonchev–Trinajstić information content (AvgIpc) is 2.55. The average molecular weight is 355 g/mol. The molecular formula is C16H12Cl2O5. The number of esters is 2. The van der Waals surface area contributed by atoms with Crippen LogP contribution in [-0.4, -0.2) is 25.7 Å². The highest BCUT2D eigenvalue weighted by Gasteiger charge is 2.10. The number of benzene rings is 2. The monoisotopic (exact) mass is 354 g/mol. The summed E-state index contributed by atoms with van der Waals surface area (Å²) >= 11 is 11.7. The van der Waals surface area contributed by atoms with Gasteiger partial charge in [-0.25, -0.2) is 9.59 Å². The zero-order valence-corrected chi connectivity index (χ0v) is 13.6. The van der Waals surface area contributed by atoms with Gasteiger partial charge in [-0.15, -0.1) is 0 Å². The molecule has 0 unspecified atom stereocenters. The van der Waals surface area contributed by atoms with Gasteiger partial charge in [-0.05, 0) is 36.4 Å². The summed E-state index contributed by atoms with van der Waals surface area (Å²) in [6.45, 7) is -0.335. The molecule has 2 rings (SSSR count). The van der Waals surface area contributed by atoms with Crippen LogP contribution < -0.4 is 9.47 Å². The molecule has 0 aromatic heterocycles. The molecule has 0 fully saturated rings. The van der Waals surface area contributed by atoms with Gasteiger partial charge in [0.15, 0.2) is 6.61 Å². The molecule has 0 radical (unpaired) electrons. The lowest BCUT2D eigenvalue weighted by molar-refractivity contribution is -0.136. The van der Waals surface area contributed by atoms with E-state index < -0.39 is 11.9 Å². The van der Waals surface area contributed by atoms with Crippen LogP contribution in [0.4, 0.5) is 0 Å². The van der Waals surface area contributed by atoms with Crippen molar-refractivity contribution < 1.29 is 23.8 Å². The molecule has 0 aliphatic carbocycles. The molecule has 0 N–H and O–H groups in total. The largest absolute Gasteiger partial charge is 0.480 e. The van der Waals surface area contributed by atoms with Gasteiger partial charge in [0, 0.05) is 11.1 Å². The van der Waals surface area contributed by atoms with E-state index in [-0.39, 0.29) is 18.1 Å². The van der Waals surface area contributed by atoms with Crippen molar-refractivity contribution in [2.75, 3.05) is 13.7 Å². The third kappa shape index (κ3) is 4.87. The minimum absolute atomic E-state index is 0.281. The van der Waals surface area contributed by atoms with Gasteiger partial charge in [0.2, 0.25) is 0 Å². The van der Waals surface area contributed by atoms with Crippen molar-refractivity contribution in [1.82, 2.24) is 0 Å². The second-order valence-electron chi connectivity index (χ2n) is 4.35. The lowest BCUT2D eigenvalue weighted by atomic mass is 10.2. The molecular weight excluding hydrogens is 343 g/mol. The van der Waals surface area contributed by atoms with Gasteiger partial charge in [-0.1, -0.05) is 23.2 Å². The zero-order chi connectivity index (χ0) is 16.8. The highest BCUT2D eigenvalue weighted by Crippen LogP contribution is 2.27. The molecule has 0 saturated carbocycles. The minimum atomic E-state index is -0.619. The molecule has 7 heteroatoms. The van der Waals surface area contributed by atoms with Crippen LogP contribution in [0.15, 0.2) is 42.5 Å². The molecule has 2 aromatic rings. The fourth-order valence-electron chi connectivity index (χ4n) is 1.66. The lowest BCUT2D eigenvalue weighted by Gasteiger charge is -2.08. The molecule has 0 saturated heterocycles. The Morgan fingerprint density at radius 3 is 2.39 bits per heavy atom. The molecule has 0 heterocycles. The second-order valence-corrected chi connectivity index (χ2v) is 5.20. The maximum atomic E-state index is 11.7. The molecule has 0 amide bonds. The number of carbonyl (C=O) groups is 2. The predicted octanol–water partition coefficient (Wildman–Crippen LogP) is 3.76. The number of methoxy groups -OCH3 is 1. The first kappa shape index (κ1) is 17.1. The van der Waals surface area contributed by atoms with Crippen molar-refractivity contribution in [1.29, 1.82) is 0 Å². The van der Waals surface area contributed by atoms with Crippen molar-refractivity contribution in [3.8, 4) is 11.5 Å². The number of rotatable bonds is 5. The third-order valence-electron chi connectivity index (χ3n) is 2.75. The molecule has 2 aromatic carbocycles. The van der Waals surface area contributed by atoms with Crippen LogP contribution in [0.3, 0.4) is 0 Å². The fraction of sp³-hybridized carbons (Fsp3) is 0.125. The van der Waals surface area contributed by atoms with Gasteiger partial charge in [0.25, 0.3) is 0 Å². The minimum Gasteiger partial charge on any atom is -0.480 e. The molecule has 0 bridgehead atoms. The Labute approximate surface area is 142 Å². The van der Waals surface area contributed by atoms with E-state index in [2.05, 4.69) is 4.74 Å². The smallest absolute Gasteiger partial charge is 0.349 e. The highest BCUT2D eigenvalue weighted by molar-refractivity contribution is 6.34. The van der Waals surface area contributed by atoms with Gasteiger partial charge in [-0.2, -0.15) is 0 Å². The summed E-state index contributed by atoms with van der Waals surface area (Å²) in [5.41, 5.74) is 0.356. The van der Waals surface area contributed by atoms with Gasteiger partial charge >= 0.3 is 11.9 Å². The molecule has 120 valence electrons. The van der Waals surface area contributed by atoms with E-state index >= 15 is 0 Å². The van der Waals surface area contributed by atoms with Crippen LogP contribution in [-0.2, 0) is 9.53 Å². The normalized spacial score (nSPS) is 10.0. The maximum Gasteiger partial charge on any atom is 0.349 e. The van der Waals surface area contributed by atoms with Crippen LogP contribution in [0.1, 0.15) is 10.4 Å². The molecule has 23 heavy (non-hydrogen) atoms. The Hall–Kier alpha value is -2.24. The van der Waals surface area contributed by atoms with Crippen molar-refractivity contribution in [3.05, 3.63) is 58.1 Å². The summed E-state index contributed by atoms with van der Waals surface area (Å²) in [6.07, 6.45) is 0. The quantitative estimate of drug-likeness (QED) is 0.604. The summed E-state index contributed by atoms with van der Waals surface area (Å²) in [5.74, 6) is -0.519. The van der Waals surface area contributed by atoms with Crippen molar-refractivity contribution in [2.45, 2.75) is 0 Å². The first-order valence-electron chi connectivity index (χ1n) is 6.46. The summed E-state index contributed by atoms with van der Waals surface area (Å²) < 4.78 is 14.9. The third-order valence-corrected chi connectivity index (χ3v) is 3.29. The zero-order valence-electron chi connectivity index (χ0n) is 12.0. The Kier molecular flexibility index (Phi) is 5.84. The van der Waals surface area contributed by atoms with E-state index in [9.17, 15) is 9.59 Å². The predicted molar refractivity (Wildman–Crippen MR) is 85.4 cm³/mol. The van der Waals surface area contributed by atoms with Crippen molar-refractivity contribution in [2.24, 2.45) is 0 Å². The molecule has 0 aliphatic heterocycles. The van der Waals surface area contributed by atoms with E-state index in [4.69, 9.17) is 32.7 Å². The summed E-state index contributed by atoms with van der Waals surface area (Å²) in [6, 6.07) is 10.6. The summed E-state index contributed by atoms with van der Waals surface area (Å²) in [4.78, 5) is 23.0. The number of hydrogen-bond acceptors (Lipinski definition) is 5. The standard InChI is InChI=1S/C16H12Cl2O5/c1-21-16(20)10-2-5-12(6-3-10)23-15(19)9-22-14-8-11(17)4-7-13(14)18/h2-8H,9H2,1H3. The highest BCUT2D eigenvalue weighted by atomic mass is 35.5. The van der Waals surface area contributed by atoms with E-state index in [1.807, 2.05) is 0 Å². The van der Waals surface area contributed by atoms with Gasteiger partial charge in [0.1, 0.15) is 11.5 Å². The van der Waals surface area contributed by atoms with E-state index in [1.54, 1.807) is 12.1 Å². The molecule has 0 aliphatic rings. The van der Waals surface area contributed by atoms with E-state index in [1.165, 1.54) is 37.4 Å². The Morgan fingerprint density at radius 2 is 1.74 bits per heavy atom. The second kappa shape index (κ2) is 7.85. The van der Waals surface area contributed by atoms with E-state index in [0.717, 1.165) is 0 Å². The van der Waals surface area contributed by atoms with Gasteiger partial charge < -0.3 is 14.2 Å². The molecule has 0 spiro atoms. The van der Waals surface area contributed by atoms with Gasteiger partial charge in [-0.3, -0.25) is 0 Å². The van der Waals surface area contributed by atoms with E-state index in [0.29, 0.717) is 15.6 Å². The Balaban J connectivity index is 1.92. The van der Waals surface area contributed by atoms with Crippen LogP contribution in [0, 0.1) is 0 Å². The van der Waals surface area contributed by atoms with Crippen LogP contribution in [0.25, 0.3) is 0 Å². The van der Waals surface area contributed by atoms with Crippen molar-refractivity contribution >= 4 is 35.1 Å². The number of halogens is 2. The van der Waals surface area contributed by atoms with Crippen LogP contribution >= 0.6 is 23.2 Å². The number of hydrogen-bond donors (Lipinski definition) is 0. The van der Waals surface area contributed by atoms with Crippen molar-refractivity contribution in [3.63, 3.8) is 0 Å². The molecule has 0 atom stereocenters. The summed E-state index contributed by atoms with van der Waals surface area (Å²) in [7, 11) is 1.29. The fourth-order valence-corrected chi connectivity index (χ4v) is 2.00. The van der Waals surface area contributed by atoms with Crippen LogP contribution in [0.2, 0.25) is 10.0 Å². The first-order chi connectivity index (χ1) is 11.0. The first-order valence-corrected chi connectivity index (χ1v) is 7.22. The maximum absolute atomic E-state index is 11.7. The number of carbonyl (C=O) groups excluding carboxylic acids is 2. The Bertz CT molecular complexity index is 713. The SMILES string of the molecule is COC(=O)c1ccc(OC(=O)COc2cc(Cl)ccc2Cl)cc1. The summed E-state index contributed by atoms with van der Waals surface area (Å²) in [5, 5.41) is 0.779. The Morgan fingerprint density at radius 1 is 1.04 bits per heavy atom. The lowest BCUT2D eigenvalue weighted by Crippen LogP contribution is -2.17.